The van der Waals surface area contributed by atoms with Gasteiger partial charge in [0, 0.05) is 6.42 Å². The van der Waals surface area contributed by atoms with Gasteiger partial charge >= 0.3 is 0 Å². The molecule has 9 nitrogen and oxygen atoms in total. The Labute approximate surface area is 443 Å². The van der Waals surface area contributed by atoms with Gasteiger partial charge in [-0.25, -0.2) is 0 Å². The van der Waals surface area contributed by atoms with Crippen LogP contribution in [0.2, 0.25) is 0 Å². The Morgan fingerprint density at radius 2 is 0.833 bits per heavy atom. The molecule has 0 aromatic carbocycles. The van der Waals surface area contributed by atoms with Crippen LogP contribution in [0, 0.1) is 0 Å². The molecule has 6 N–H and O–H groups in total. The van der Waals surface area contributed by atoms with Crippen LogP contribution >= 0.6 is 0 Å². The first-order valence-corrected chi connectivity index (χ1v) is 30.5. The second-order valence-corrected chi connectivity index (χ2v) is 21.1. The van der Waals surface area contributed by atoms with Crippen LogP contribution in [0.4, 0.5) is 0 Å². The van der Waals surface area contributed by atoms with Crippen LogP contribution in [-0.2, 0) is 14.3 Å². The number of amides is 1. The molecule has 9 heteroatoms. The third kappa shape index (κ3) is 41.2. The normalized spacial score (nSPS) is 19.6. The summed E-state index contributed by atoms with van der Waals surface area (Å²) in [5.41, 5.74) is 0. The topological polar surface area (TPSA) is 149 Å². The summed E-state index contributed by atoms with van der Waals surface area (Å²) in [6.45, 7) is 3.78. The quantitative estimate of drug-likeness (QED) is 0.0261. The standard InChI is InChI=1S/C63H115NO8/c1-3-5-7-9-11-13-15-17-19-21-23-25-27-29-31-33-35-37-39-41-43-45-47-49-51-53-59(67)64-56(55-71-63-62(70)61(69)60(68)58(54-65)72-63)57(66)52-50-48-46-44-42-40-38-36-34-32-30-28-26-24-22-20-18-16-14-12-10-8-6-4-2/h23,25,29,31,34,36,42,44,50,52,56-58,60-63,65-66,68-70H,3-22,24,26-28,30,32-33,35,37-41,43,45-49,51,53-55H2,1-2H3,(H,64,67)/b25-23-,31-29-,36-34+,44-42+,52-50+. The Balaban J connectivity index is 2.25. The van der Waals surface area contributed by atoms with Gasteiger partial charge in [-0.15, -0.1) is 0 Å². The zero-order chi connectivity index (χ0) is 52.2. The second-order valence-electron chi connectivity index (χ2n) is 21.1. The molecule has 420 valence electrons. The van der Waals surface area contributed by atoms with Gasteiger partial charge < -0.3 is 40.3 Å². The highest BCUT2D eigenvalue weighted by molar-refractivity contribution is 5.76. The lowest BCUT2D eigenvalue weighted by molar-refractivity contribution is -0.302. The van der Waals surface area contributed by atoms with Crippen molar-refractivity contribution in [2.45, 2.75) is 320 Å². The molecule has 0 aromatic heterocycles. The van der Waals surface area contributed by atoms with Crippen molar-refractivity contribution in [3.05, 3.63) is 60.8 Å². The summed E-state index contributed by atoms with van der Waals surface area (Å²) in [5, 5.41) is 54.5. The molecule has 0 radical (unpaired) electrons. The minimum Gasteiger partial charge on any atom is -0.394 e. The summed E-state index contributed by atoms with van der Waals surface area (Å²) in [4.78, 5) is 13.1. The maximum Gasteiger partial charge on any atom is 0.220 e. The Morgan fingerprint density at radius 1 is 0.472 bits per heavy atom. The van der Waals surface area contributed by atoms with Gasteiger partial charge in [0.15, 0.2) is 6.29 Å². The van der Waals surface area contributed by atoms with Crippen LogP contribution in [0.3, 0.4) is 0 Å². The molecule has 1 aliphatic heterocycles. The molecule has 1 saturated heterocycles. The number of nitrogens with one attached hydrogen (secondary N) is 1. The van der Waals surface area contributed by atoms with E-state index in [1.165, 1.54) is 193 Å². The van der Waals surface area contributed by atoms with E-state index in [4.69, 9.17) is 9.47 Å². The summed E-state index contributed by atoms with van der Waals surface area (Å²) < 4.78 is 11.3. The number of ether oxygens (including phenoxy) is 2. The summed E-state index contributed by atoms with van der Waals surface area (Å²) in [6.07, 6.45) is 64.4. The molecule has 0 saturated carbocycles. The molecule has 7 unspecified atom stereocenters. The van der Waals surface area contributed by atoms with Crippen molar-refractivity contribution in [3.63, 3.8) is 0 Å². The number of aliphatic hydroxyl groups excluding tert-OH is 5. The van der Waals surface area contributed by atoms with E-state index in [1.807, 2.05) is 6.08 Å². The van der Waals surface area contributed by atoms with E-state index < -0.39 is 49.5 Å². The molecule has 7 atom stereocenters. The second kappa shape index (κ2) is 52.3. The van der Waals surface area contributed by atoms with E-state index in [9.17, 15) is 30.3 Å². The van der Waals surface area contributed by atoms with Crippen molar-refractivity contribution in [1.82, 2.24) is 5.32 Å². The average molecular weight is 1010 g/mol. The summed E-state index contributed by atoms with van der Waals surface area (Å²) in [6, 6.07) is -0.834. The number of hydrogen-bond acceptors (Lipinski definition) is 8. The van der Waals surface area contributed by atoms with Gasteiger partial charge in [-0.3, -0.25) is 4.79 Å². The van der Waals surface area contributed by atoms with Crippen LogP contribution in [0.15, 0.2) is 60.8 Å². The fourth-order valence-corrected chi connectivity index (χ4v) is 9.46. The highest BCUT2D eigenvalue weighted by Gasteiger charge is 2.44. The monoisotopic (exact) mass is 1010 g/mol. The number of unbranched alkanes of at least 4 members (excludes halogenated alkanes) is 34. The van der Waals surface area contributed by atoms with Crippen molar-refractivity contribution < 1.29 is 39.8 Å². The molecule has 0 aliphatic carbocycles. The Morgan fingerprint density at radius 3 is 1.25 bits per heavy atom. The Hall–Kier alpha value is -2.11. The van der Waals surface area contributed by atoms with Crippen molar-refractivity contribution in [1.29, 1.82) is 0 Å². The van der Waals surface area contributed by atoms with Gasteiger partial charge in [-0.05, 0) is 77.0 Å². The minimum atomic E-state index is -1.58. The smallest absolute Gasteiger partial charge is 0.220 e. The van der Waals surface area contributed by atoms with E-state index in [-0.39, 0.29) is 12.5 Å². The molecule has 1 fully saturated rings. The third-order valence-corrected chi connectivity index (χ3v) is 14.3. The molecule has 1 amide bonds. The van der Waals surface area contributed by atoms with Crippen LogP contribution in [0.25, 0.3) is 0 Å². The van der Waals surface area contributed by atoms with Gasteiger partial charge in [0.05, 0.1) is 25.4 Å². The van der Waals surface area contributed by atoms with Crippen molar-refractivity contribution in [2.75, 3.05) is 13.2 Å². The Kier molecular flexibility index (Phi) is 49.4. The van der Waals surface area contributed by atoms with E-state index in [0.29, 0.717) is 6.42 Å². The summed E-state index contributed by atoms with van der Waals surface area (Å²) >= 11 is 0. The van der Waals surface area contributed by atoms with Crippen molar-refractivity contribution in [3.8, 4) is 0 Å². The fourth-order valence-electron chi connectivity index (χ4n) is 9.46. The van der Waals surface area contributed by atoms with Crippen molar-refractivity contribution >= 4 is 5.91 Å². The number of carbonyl (C=O) groups is 1. The number of hydrogen-bond donors (Lipinski definition) is 6. The van der Waals surface area contributed by atoms with Crippen molar-refractivity contribution in [2.24, 2.45) is 0 Å². The van der Waals surface area contributed by atoms with Gasteiger partial charge in [0.1, 0.15) is 24.4 Å². The van der Waals surface area contributed by atoms with E-state index >= 15 is 0 Å². The lowest BCUT2D eigenvalue weighted by atomic mass is 9.99. The first-order valence-electron chi connectivity index (χ1n) is 30.5. The van der Waals surface area contributed by atoms with Crippen LogP contribution in [0.5, 0.6) is 0 Å². The molecule has 0 aromatic rings. The van der Waals surface area contributed by atoms with Gasteiger partial charge in [0.2, 0.25) is 5.91 Å². The summed E-state index contributed by atoms with van der Waals surface area (Å²) in [5.74, 6) is -0.194. The molecular formula is C63H115NO8. The lowest BCUT2D eigenvalue weighted by Gasteiger charge is -2.40. The largest absolute Gasteiger partial charge is 0.394 e. The maximum atomic E-state index is 13.1. The molecule has 0 spiro atoms. The predicted molar refractivity (Wildman–Crippen MR) is 304 cm³/mol. The van der Waals surface area contributed by atoms with Crippen LogP contribution in [0.1, 0.15) is 277 Å². The first-order chi connectivity index (χ1) is 35.3. The molecular weight excluding hydrogens is 899 g/mol. The summed E-state index contributed by atoms with van der Waals surface area (Å²) in [7, 11) is 0. The molecule has 0 bridgehead atoms. The van der Waals surface area contributed by atoms with E-state index in [1.54, 1.807) is 6.08 Å². The molecule has 1 heterocycles. The Bertz CT molecular complexity index is 1310. The SMILES string of the molecule is CCCCCCCCCCC/C=C\C/C=C\CCCCCCCCCCCC(=O)NC(COC1OC(CO)C(O)C(O)C1O)C(O)/C=C/CC/C=C/CC/C=C/CCCCCCCCCCCCCCCC. The zero-order valence-corrected chi connectivity index (χ0v) is 46.7. The fraction of sp³-hybridized carbons (Fsp3) is 0.825. The molecule has 72 heavy (non-hydrogen) atoms. The number of rotatable bonds is 52. The minimum absolute atomic E-state index is 0.194. The van der Waals surface area contributed by atoms with Gasteiger partial charge in [-0.1, -0.05) is 254 Å². The van der Waals surface area contributed by atoms with Gasteiger partial charge in [-0.2, -0.15) is 0 Å². The zero-order valence-electron chi connectivity index (χ0n) is 46.7. The lowest BCUT2D eigenvalue weighted by Crippen LogP contribution is -2.60. The molecule has 1 rings (SSSR count). The maximum absolute atomic E-state index is 13.1. The van der Waals surface area contributed by atoms with E-state index in [2.05, 4.69) is 67.8 Å². The number of allylic oxidation sites excluding steroid dienone is 9. The molecule has 1 aliphatic rings. The van der Waals surface area contributed by atoms with Crippen LogP contribution < -0.4 is 5.32 Å². The van der Waals surface area contributed by atoms with Crippen LogP contribution in [-0.4, -0.2) is 87.5 Å². The number of carbonyl (C=O) groups excluding carboxylic acids is 1. The van der Waals surface area contributed by atoms with E-state index in [0.717, 1.165) is 64.2 Å². The third-order valence-electron chi connectivity index (χ3n) is 14.3. The predicted octanol–water partition coefficient (Wildman–Crippen LogP) is 15.5. The highest BCUT2D eigenvalue weighted by atomic mass is 16.7. The highest BCUT2D eigenvalue weighted by Crippen LogP contribution is 2.23. The average Bonchev–Trinajstić information content (AvgIpc) is 3.38. The number of aliphatic hydroxyl groups is 5. The van der Waals surface area contributed by atoms with Gasteiger partial charge in [0.25, 0.3) is 0 Å². The first kappa shape index (κ1) is 67.9.